The molecule has 0 amide bonds. The number of ether oxygens (including phenoxy) is 1. The fourth-order valence-corrected chi connectivity index (χ4v) is 1.95. The minimum Gasteiger partial charge on any atom is -0.392 e. The standard InChI is InChI=1S/C10H20N2OS/c1-2-12(8-10(11)14)7-9-5-3-4-6-13-9/h9H,2-8H2,1H3,(H2,11,14). The summed E-state index contributed by atoms with van der Waals surface area (Å²) in [5.41, 5.74) is 5.52. The molecule has 2 N–H and O–H groups in total. The monoisotopic (exact) mass is 216 g/mol. The van der Waals surface area contributed by atoms with Crippen molar-refractivity contribution < 1.29 is 4.74 Å². The summed E-state index contributed by atoms with van der Waals surface area (Å²) in [6.07, 6.45) is 4.05. The molecule has 4 heteroatoms. The maximum absolute atomic E-state index is 5.67. The van der Waals surface area contributed by atoms with Crippen LogP contribution in [0, 0.1) is 0 Å². The zero-order valence-corrected chi connectivity index (χ0v) is 9.68. The summed E-state index contributed by atoms with van der Waals surface area (Å²) in [6, 6.07) is 0. The maximum Gasteiger partial charge on any atom is 0.0870 e. The summed E-state index contributed by atoms with van der Waals surface area (Å²) in [5.74, 6) is 0. The van der Waals surface area contributed by atoms with Crippen molar-refractivity contribution in [2.45, 2.75) is 32.3 Å². The maximum atomic E-state index is 5.67. The van der Waals surface area contributed by atoms with Gasteiger partial charge >= 0.3 is 0 Å². The SMILES string of the molecule is CCN(CC(N)=S)CC1CCCCO1. The molecule has 1 aliphatic rings. The highest BCUT2D eigenvalue weighted by Crippen LogP contribution is 2.13. The van der Waals surface area contributed by atoms with Gasteiger partial charge in [0, 0.05) is 19.7 Å². The molecule has 1 atom stereocenters. The average molecular weight is 216 g/mol. The van der Waals surface area contributed by atoms with Crippen molar-refractivity contribution in [3.63, 3.8) is 0 Å². The Morgan fingerprint density at radius 3 is 2.86 bits per heavy atom. The van der Waals surface area contributed by atoms with E-state index in [1.165, 1.54) is 19.3 Å². The number of hydrogen-bond acceptors (Lipinski definition) is 3. The van der Waals surface area contributed by atoms with Crippen molar-refractivity contribution in [2.75, 3.05) is 26.2 Å². The molecule has 1 saturated heterocycles. The van der Waals surface area contributed by atoms with E-state index in [-0.39, 0.29) is 0 Å². The lowest BCUT2D eigenvalue weighted by atomic mass is 10.1. The largest absolute Gasteiger partial charge is 0.392 e. The summed E-state index contributed by atoms with van der Waals surface area (Å²) in [4.78, 5) is 2.82. The topological polar surface area (TPSA) is 38.5 Å². The quantitative estimate of drug-likeness (QED) is 0.700. The average Bonchev–Trinajstić information content (AvgIpc) is 2.17. The zero-order chi connectivity index (χ0) is 10.4. The second-order valence-electron chi connectivity index (χ2n) is 3.78. The van der Waals surface area contributed by atoms with Crippen LogP contribution < -0.4 is 5.73 Å². The van der Waals surface area contributed by atoms with Gasteiger partial charge in [-0.25, -0.2) is 0 Å². The van der Waals surface area contributed by atoms with Gasteiger partial charge in [0.25, 0.3) is 0 Å². The van der Waals surface area contributed by atoms with Crippen molar-refractivity contribution >= 4 is 17.2 Å². The Morgan fingerprint density at radius 2 is 2.36 bits per heavy atom. The van der Waals surface area contributed by atoms with Crippen molar-refractivity contribution in [3.05, 3.63) is 0 Å². The molecule has 82 valence electrons. The molecule has 0 saturated carbocycles. The van der Waals surface area contributed by atoms with Gasteiger partial charge in [-0.05, 0) is 25.8 Å². The summed E-state index contributed by atoms with van der Waals surface area (Å²) < 4.78 is 5.67. The van der Waals surface area contributed by atoms with Crippen LogP contribution in [0.3, 0.4) is 0 Å². The van der Waals surface area contributed by atoms with Crippen LogP contribution in [-0.4, -0.2) is 42.2 Å². The molecule has 0 aliphatic carbocycles. The third-order valence-corrected chi connectivity index (χ3v) is 2.69. The smallest absolute Gasteiger partial charge is 0.0870 e. The van der Waals surface area contributed by atoms with Crippen LogP contribution in [0.4, 0.5) is 0 Å². The van der Waals surface area contributed by atoms with Gasteiger partial charge in [-0.3, -0.25) is 4.90 Å². The lowest BCUT2D eigenvalue weighted by Gasteiger charge is -2.28. The molecule has 1 rings (SSSR count). The summed E-state index contributed by atoms with van der Waals surface area (Å²) in [7, 11) is 0. The highest BCUT2D eigenvalue weighted by molar-refractivity contribution is 7.80. The van der Waals surface area contributed by atoms with E-state index in [9.17, 15) is 0 Å². The number of nitrogens with zero attached hydrogens (tertiary/aromatic N) is 1. The van der Waals surface area contributed by atoms with Gasteiger partial charge < -0.3 is 10.5 Å². The Balaban J connectivity index is 2.27. The minimum atomic E-state index is 0.387. The molecule has 0 spiro atoms. The van der Waals surface area contributed by atoms with Crippen molar-refractivity contribution in [1.82, 2.24) is 4.90 Å². The number of thiocarbonyl (C=S) groups is 1. The van der Waals surface area contributed by atoms with Gasteiger partial charge in [-0.2, -0.15) is 0 Å². The summed E-state index contributed by atoms with van der Waals surface area (Å²) >= 11 is 4.90. The van der Waals surface area contributed by atoms with E-state index in [1.807, 2.05) is 0 Å². The van der Waals surface area contributed by atoms with Gasteiger partial charge in [0.05, 0.1) is 11.1 Å². The lowest BCUT2D eigenvalue weighted by molar-refractivity contribution is -0.00231. The van der Waals surface area contributed by atoms with Crippen LogP contribution in [0.1, 0.15) is 26.2 Å². The van der Waals surface area contributed by atoms with E-state index >= 15 is 0 Å². The zero-order valence-electron chi connectivity index (χ0n) is 8.87. The van der Waals surface area contributed by atoms with Crippen molar-refractivity contribution in [2.24, 2.45) is 5.73 Å². The van der Waals surface area contributed by atoms with E-state index in [0.29, 0.717) is 17.6 Å². The normalized spacial score (nSPS) is 22.6. The van der Waals surface area contributed by atoms with E-state index in [0.717, 1.165) is 19.7 Å². The molecule has 3 nitrogen and oxygen atoms in total. The Labute approximate surface area is 91.6 Å². The Kier molecular flexibility index (Phi) is 5.37. The van der Waals surface area contributed by atoms with Crippen molar-refractivity contribution in [3.8, 4) is 0 Å². The minimum absolute atomic E-state index is 0.387. The lowest BCUT2D eigenvalue weighted by Crippen LogP contribution is -2.39. The highest BCUT2D eigenvalue weighted by atomic mass is 32.1. The molecule has 0 aromatic heterocycles. The molecule has 1 fully saturated rings. The Hall–Kier alpha value is -0.190. The first-order valence-electron chi connectivity index (χ1n) is 5.34. The molecule has 0 aromatic carbocycles. The van der Waals surface area contributed by atoms with Crippen LogP contribution in [0.5, 0.6) is 0 Å². The van der Waals surface area contributed by atoms with Gasteiger partial charge in [-0.1, -0.05) is 19.1 Å². The second-order valence-corrected chi connectivity index (χ2v) is 4.31. The van der Waals surface area contributed by atoms with Gasteiger partial charge in [0.15, 0.2) is 0 Å². The molecular weight excluding hydrogens is 196 g/mol. The van der Waals surface area contributed by atoms with Gasteiger partial charge in [0.1, 0.15) is 0 Å². The van der Waals surface area contributed by atoms with Crippen LogP contribution >= 0.6 is 12.2 Å². The van der Waals surface area contributed by atoms with Crippen molar-refractivity contribution in [1.29, 1.82) is 0 Å². The summed E-state index contributed by atoms with van der Waals surface area (Å²) in [5, 5.41) is 0. The van der Waals surface area contributed by atoms with Gasteiger partial charge in [-0.15, -0.1) is 0 Å². The molecule has 0 aromatic rings. The van der Waals surface area contributed by atoms with E-state index in [1.54, 1.807) is 0 Å². The predicted octanol–water partition coefficient (Wildman–Crippen LogP) is 1.16. The first-order valence-corrected chi connectivity index (χ1v) is 5.75. The van der Waals surface area contributed by atoms with E-state index < -0.39 is 0 Å². The number of hydrogen-bond donors (Lipinski definition) is 1. The number of rotatable bonds is 5. The van der Waals surface area contributed by atoms with E-state index in [2.05, 4.69) is 11.8 Å². The number of nitrogens with two attached hydrogens (primary N) is 1. The van der Waals surface area contributed by atoms with Gasteiger partial charge in [0.2, 0.25) is 0 Å². The van der Waals surface area contributed by atoms with Crippen LogP contribution in [-0.2, 0) is 4.74 Å². The number of likely N-dealkylation sites (N-methyl/N-ethyl adjacent to an activating group) is 1. The highest BCUT2D eigenvalue weighted by Gasteiger charge is 2.16. The van der Waals surface area contributed by atoms with Crippen LogP contribution in [0.15, 0.2) is 0 Å². The van der Waals surface area contributed by atoms with E-state index in [4.69, 9.17) is 22.7 Å². The molecule has 0 radical (unpaired) electrons. The molecule has 14 heavy (non-hydrogen) atoms. The fourth-order valence-electron chi connectivity index (χ4n) is 1.77. The molecule has 1 aliphatic heterocycles. The third kappa shape index (κ3) is 4.35. The molecular formula is C10H20N2OS. The van der Waals surface area contributed by atoms with Crippen LogP contribution in [0.2, 0.25) is 0 Å². The predicted molar refractivity (Wildman–Crippen MR) is 62.5 cm³/mol. The second kappa shape index (κ2) is 6.32. The molecule has 1 unspecified atom stereocenters. The Morgan fingerprint density at radius 1 is 1.57 bits per heavy atom. The summed E-state index contributed by atoms with van der Waals surface area (Å²) in [6.45, 7) is 5.70. The fraction of sp³-hybridized carbons (Fsp3) is 0.900. The first kappa shape index (κ1) is 11.9. The molecule has 1 heterocycles. The Bertz CT molecular complexity index is 181. The third-order valence-electron chi connectivity index (χ3n) is 2.56. The first-order chi connectivity index (χ1) is 6.72. The molecule has 0 bridgehead atoms. The van der Waals surface area contributed by atoms with Crippen LogP contribution in [0.25, 0.3) is 0 Å².